The Morgan fingerprint density at radius 1 is 0.952 bits per heavy atom. The lowest BCUT2D eigenvalue weighted by Gasteiger charge is -2.19. The van der Waals surface area contributed by atoms with Gasteiger partial charge in [-0.05, 0) is 41.6 Å². The predicted molar refractivity (Wildman–Crippen MR) is 86.9 cm³/mol. The summed E-state index contributed by atoms with van der Waals surface area (Å²) in [6.45, 7) is 0. The smallest absolute Gasteiger partial charge is 0.161 e. The monoisotopic (exact) mass is 304 g/mol. The molecule has 1 unspecified atom stereocenters. The first-order valence-corrected chi connectivity index (χ1v) is 7.78. The minimum absolute atomic E-state index is 0.0966. The van der Waals surface area contributed by atoms with Crippen molar-refractivity contribution in [1.82, 2.24) is 5.43 Å². The van der Waals surface area contributed by atoms with Gasteiger partial charge in [0.1, 0.15) is 0 Å². The number of thioether (sulfide) groups is 1. The van der Waals surface area contributed by atoms with Crippen LogP contribution in [-0.2, 0) is 0 Å². The quantitative estimate of drug-likeness (QED) is 0.488. The van der Waals surface area contributed by atoms with E-state index in [2.05, 4.69) is 35.9 Å². The van der Waals surface area contributed by atoms with E-state index in [1.54, 1.807) is 26.0 Å². The number of methoxy groups -OCH3 is 2. The van der Waals surface area contributed by atoms with Crippen LogP contribution in [0.1, 0.15) is 17.2 Å². The van der Waals surface area contributed by atoms with Gasteiger partial charge >= 0.3 is 0 Å². The van der Waals surface area contributed by atoms with E-state index in [9.17, 15) is 0 Å². The van der Waals surface area contributed by atoms with Crippen LogP contribution in [-0.4, -0.2) is 20.5 Å². The van der Waals surface area contributed by atoms with Crippen LogP contribution >= 0.6 is 11.8 Å². The van der Waals surface area contributed by atoms with E-state index in [0.717, 1.165) is 11.1 Å². The number of hydrogen-bond acceptors (Lipinski definition) is 5. The molecule has 0 saturated carbocycles. The summed E-state index contributed by atoms with van der Waals surface area (Å²) in [6, 6.07) is 14.0. The van der Waals surface area contributed by atoms with E-state index < -0.39 is 0 Å². The van der Waals surface area contributed by atoms with E-state index in [1.165, 1.54) is 4.90 Å². The van der Waals surface area contributed by atoms with Crippen molar-refractivity contribution in [2.75, 3.05) is 20.5 Å². The van der Waals surface area contributed by atoms with Crippen LogP contribution in [0.2, 0.25) is 0 Å². The van der Waals surface area contributed by atoms with Gasteiger partial charge in [0, 0.05) is 4.90 Å². The molecule has 0 saturated heterocycles. The Morgan fingerprint density at radius 2 is 1.57 bits per heavy atom. The van der Waals surface area contributed by atoms with Gasteiger partial charge < -0.3 is 9.47 Å². The topological polar surface area (TPSA) is 56.5 Å². The first-order chi connectivity index (χ1) is 10.2. The van der Waals surface area contributed by atoms with Gasteiger partial charge in [0.05, 0.1) is 20.3 Å². The Labute approximate surface area is 129 Å². The van der Waals surface area contributed by atoms with Crippen molar-refractivity contribution in [3.63, 3.8) is 0 Å². The standard InChI is InChI=1S/C16H20N2O2S/c1-19-14-9-6-12(10-15(14)20-2)16(18-17)11-4-7-13(21-3)8-5-11/h4-10,16,18H,17H2,1-3H3. The van der Waals surface area contributed by atoms with Crippen LogP contribution in [0.4, 0.5) is 0 Å². The lowest BCUT2D eigenvalue weighted by molar-refractivity contribution is 0.354. The summed E-state index contributed by atoms with van der Waals surface area (Å²) in [5.74, 6) is 7.14. The Hall–Kier alpha value is -1.69. The number of nitrogens with two attached hydrogens (primary N) is 1. The van der Waals surface area contributed by atoms with Crippen molar-refractivity contribution in [3.05, 3.63) is 53.6 Å². The maximum atomic E-state index is 5.74. The highest BCUT2D eigenvalue weighted by molar-refractivity contribution is 7.98. The molecular formula is C16H20N2O2S. The van der Waals surface area contributed by atoms with E-state index in [1.807, 2.05) is 18.2 Å². The van der Waals surface area contributed by atoms with Gasteiger partial charge in [-0.15, -0.1) is 11.8 Å². The number of rotatable bonds is 6. The first-order valence-electron chi connectivity index (χ1n) is 6.55. The lowest BCUT2D eigenvalue weighted by atomic mass is 9.99. The zero-order chi connectivity index (χ0) is 15.2. The molecule has 0 heterocycles. The van der Waals surface area contributed by atoms with E-state index in [-0.39, 0.29) is 6.04 Å². The highest BCUT2D eigenvalue weighted by Gasteiger charge is 2.15. The second kappa shape index (κ2) is 7.36. The van der Waals surface area contributed by atoms with Gasteiger partial charge in [0.15, 0.2) is 11.5 Å². The molecule has 1 atom stereocenters. The molecule has 0 radical (unpaired) electrons. The normalized spacial score (nSPS) is 12.0. The molecule has 21 heavy (non-hydrogen) atoms. The molecule has 0 aromatic heterocycles. The molecule has 0 amide bonds. The molecule has 2 aromatic carbocycles. The van der Waals surface area contributed by atoms with Crippen LogP contribution in [0, 0.1) is 0 Å². The van der Waals surface area contributed by atoms with Gasteiger partial charge in [-0.25, -0.2) is 5.43 Å². The van der Waals surface area contributed by atoms with Crippen LogP contribution in [0.3, 0.4) is 0 Å². The Morgan fingerprint density at radius 3 is 2.10 bits per heavy atom. The summed E-state index contributed by atoms with van der Waals surface area (Å²) in [5, 5.41) is 0. The third kappa shape index (κ3) is 3.50. The van der Waals surface area contributed by atoms with Gasteiger partial charge in [0.2, 0.25) is 0 Å². The molecule has 2 rings (SSSR count). The zero-order valence-electron chi connectivity index (χ0n) is 12.4. The second-order valence-corrected chi connectivity index (χ2v) is 5.37. The zero-order valence-corrected chi connectivity index (χ0v) is 13.2. The molecule has 112 valence electrons. The van der Waals surface area contributed by atoms with E-state index in [0.29, 0.717) is 11.5 Å². The third-order valence-electron chi connectivity index (χ3n) is 3.36. The van der Waals surface area contributed by atoms with E-state index >= 15 is 0 Å². The van der Waals surface area contributed by atoms with Crippen LogP contribution in [0.5, 0.6) is 11.5 Å². The highest BCUT2D eigenvalue weighted by atomic mass is 32.2. The van der Waals surface area contributed by atoms with Crippen molar-refractivity contribution in [1.29, 1.82) is 0 Å². The van der Waals surface area contributed by atoms with Crippen molar-refractivity contribution >= 4 is 11.8 Å². The Balaban J connectivity index is 2.35. The van der Waals surface area contributed by atoms with Crippen molar-refractivity contribution < 1.29 is 9.47 Å². The Bertz CT molecular complexity index is 587. The van der Waals surface area contributed by atoms with Crippen molar-refractivity contribution in [2.45, 2.75) is 10.9 Å². The SMILES string of the molecule is COc1ccc(C(NN)c2ccc(SC)cc2)cc1OC. The third-order valence-corrected chi connectivity index (χ3v) is 4.10. The molecule has 0 bridgehead atoms. The van der Waals surface area contributed by atoms with Crippen LogP contribution in [0.25, 0.3) is 0 Å². The van der Waals surface area contributed by atoms with Gasteiger partial charge in [-0.2, -0.15) is 0 Å². The molecule has 0 aliphatic heterocycles. The summed E-state index contributed by atoms with van der Waals surface area (Å²) < 4.78 is 10.6. The summed E-state index contributed by atoms with van der Waals surface area (Å²) in [7, 11) is 3.25. The first kappa shape index (κ1) is 15.7. The van der Waals surface area contributed by atoms with Crippen LogP contribution in [0.15, 0.2) is 47.4 Å². The summed E-state index contributed by atoms with van der Waals surface area (Å²) >= 11 is 1.72. The van der Waals surface area contributed by atoms with Crippen molar-refractivity contribution in [2.24, 2.45) is 5.84 Å². The van der Waals surface area contributed by atoms with E-state index in [4.69, 9.17) is 15.3 Å². The fourth-order valence-electron chi connectivity index (χ4n) is 2.21. The fraction of sp³-hybridized carbons (Fsp3) is 0.250. The van der Waals surface area contributed by atoms with Crippen molar-refractivity contribution in [3.8, 4) is 11.5 Å². The predicted octanol–water partition coefficient (Wildman–Crippen LogP) is 2.98. The summed E-state index contributed by atoms with van der Waals surface area (Å²) in [6.07, 6.45) is 2.06. The lowest BCUT2D eigenvalue weighted by Crippen LogP contribution is -2.28. The molecule has 5 heteroatoms. The fourth-order valence-corrected chi connectivity index (χ4v) is 2.62. The molecule has 0 spiro atoms. The number of ether oxygens (including phenoxy) is 2. The minimum Gasteiger partial charge on any atom is -0.493 e. The Kier molecular flexibility index (Phi) is 5.50. The molecule has 0 aliphatic carbocycles. The van der Waals surface area contributed by atoms with Gasteiger partial charge in [0.25, 0.3) is 0 Å². The van der Waals surface area contributed by atoms with Gasteiger partial charge in [-0.3, -0.25) is 5.84 Å². The summed E-state index contributed by atoms with van der Waals surface area (Å²) in [4.78, 5) is 1.22. The molecule has 0 aliphatic rings. The average molecular weight is 304 g/mol. The highest BCUT2D eigenvalue weighted by Crippen LogP contribution is 2.32. The molecular weight excluding hydrogens is 284 g/mol. The molecule has 0 fully saturated rings. The number of hydrazine groups is 1. The largest absolute Gasteiger partial charge is 0.493 e. The average Bonchev–Trinajstić information content (AvgIpc) is 2.56. The number of hydrogen-bond donors (Lipinski definition) is 2. The molecule has 2 aromatic rings. The van der Waals surface area contributed by atoms with Gasteiger partial charge in [-0.1, -0.05) is 18.2 Å². The maximum absolute atomic E-state index is 5.74. The molecule has 3 N–H and O–H groups in total. The summed E-state index contributed by atoms with van der Waals surface area (Å²) in [5.41, 5.74) is 4.98. The maximum Gasteiger partial charge on any atom is 0.161 e. The number of benzene rings is 2. The second-order valence-electron chi connectivity index (χ2n) is 4.49. The number of nitrogens with one attached hydrogen (secondary N) is 1. The minimum atomic E-state index is -0.0966. The van der Waals surface area contributed by atoms with Crippen LogP contribution < -0.4 is 20.7 Å². The molecule has 4 nitrogen and oxygen atoms in total.